The van der Waals surface area contributed by atoms with E-state index in [-0.39, 0.29) is 24.2 Å². The van der Waals surface area contributed by atoms with E-state index in [0.29, 0.717) is 57.4 Å². The molecule has 4 rings (SSSR count). The third kappa shape index (κ3) is 11.2. The quantitative estimate of drug-likeness (QED) is 0.268. The number of carbonyl (C=O) groups is 4. The van der Waals surface area contributed by atoms with Gasteiger partial charge in [0.05, 0.1) is 6.26 Å². The molecule has 260 valence electrons. The molecule has 0 aliphatic carbocycles. The van der Waals surface area contributed by atoms with Crippen molar-refractivity contribution >= 4 is 39.8 Å². The van der Waals surface area contributed by atoms with Crippen molar-refractivity contribution in [2.75, 3.05) is 32.4 Å². The van der Waals surface area contributed by atoms with Crippen LogP contribution in [0.1, 0.15) is 62.4 Å². The van der Waals surface area contributed by atoms with Crippen LogP contribution in [0, 0.1) is 5.92 Å². The minimum atomic E-state index is -3.69. The molecule has 0 aromatic heterocycles. The first-order chi connectivity index (χ1) is 22.7. The topological polar surface area (TPSA) is 167 Å². The van der Waals surface area contributed by atoms with Gasteiger partial charge in [-0.15, -0.1) is 0 Å². The molecule has 0 spiro atoms. The number of nitrogens with zero attached hydrogens (tertiary/aromatic N) is 3. The molecule has 2 heterocycles. The molecule has 14 heteroatoms. The Morgan fingerprint density at radius 1 is 0.938 bits per heavy atom. The van der Waals surface area contributed by atoms with E-state index in [0.717, 1.165) is 11.8 Å². The number of aliphatic imine (C=N–C) groups is 1. The first-order valence-electron chi connectivity index (χ1n) is 16.2. The van der Waals surface area contributed by atoms with E-state index < -0.39 is 45.6 Å². The van der Waals surface area contributed by atoms with Crippen molar-refractivity contribution < 1.29 is 32.3 Å². The fraction of sp³-hybridized carbons (Fsp3) is 0.500. The number of sulfonamides is 1. The monoisotopic (exact) mass is 682 g/mol. The molecule has 2 aromatic rings. The highest BCUT2D eigenvalue weighted by atomic mass is 32.2. The van der Waals surface area contributed by atoms with Crippen LogP contribution in [0.4, 0.5) is 4.79 Å². The van der Waals surface area contributed by atoms with E-state index in [1.165, 1.54) is 4.90 Å². The van der Waals surface area contributed by atoms with Crippen LogP contribution >= 0.6 is 0 Å². The van der Waals surface area contributed by atoms with Gasteiger partial charge in [-0.1, -0.05) is 48.5 Å². The van der Waals surface area contributed by atoms with Crippen LogP contribution in [-0.2, 0) is 30.8 Å². The lowest BCUT2D eigenvalue weighted by Crippen LogP contribution is -2.54. The summed E-state index contributed by atoms with van der Waals surface area (Å²) in [4.78, 5) is 60.0. The Kier molecular flexibility index (Phi) is 12.3. The standard InChI is InChI=1S/C34H46N6O7S/c1-34(2,3)47-33(44)37-32(36-29(41)26-14-9-6-10-15-26)39-20-17-25(18-21-39)23-35-30(42)28-16-11-19-40(28)31(43)27(38-48(4,45)46)22-24-12-7-5-8-13-24/h5-10,12-15,25,27-28,38H,11,16-23H2,1-4H3,(H,35,42)(H,36,37,41,44)/t27-,28+/m1/s1. The number of rotatable bonds is 9. The van der Waals surface area contributed by atoms with Crippen LogP contribution < -0.4 is 15.4 Å². The molecule has 0 saturated carbocycles. The van der Waals surface area contributed by atoms with Crippen molar-refractivity contribution in [3.8, 4) is 0 Å². The molecule has 2 fully saturated rings. The van der Waals surface area contributed by atoms with Gasteiger partial charge in [-0.3, -0.25) is 19.7 Å². The molecule has 13 nitrogen and oxygen atoms in total. The van der Waals surface area contributed by atoms with Gasteiger partial charge in [-0.05, 0) is 76.5 Å². The summed E-state index contributed by atoms with van der Waals surface area (Å²) < 4.78 is 32.1. The number of guanidine groups is 1. The molecule has 3 N–H and O–H groups in total. The molecule has 2 saturated heterocycles. The number of benzene rings is 2. The zero-order chi connectivity index (χ0) is 34.9. The summed E-state index contributed by atoms with van der Waals surface area (Å²) in [5.41, 5.74) is 0.449. The van der Waals surface area contributed by atoms with Gasteiger partial charge in [0.1, 0.15) is 17.7 Å². The van der Waals surface area contributed by atoms with Crippen LogP contribution in [0.2, 0.25) is 0 Å². The number of nitrogens with one attached hydrogen (secondary N) is 3. The van der Waals surface area contributed by atoms with E-state index in [9.17, 15) is 27.6 Å². The summed E-state index contributed by atoms with van der Waals surface area (Å²) in [5, 5.41) is 5.65. The lowest BCUT2D eigenvalue weighted by Gasteiger charge is -2.34. The largest absolute Gasteiger partial charge is 0.444 e. The molecule has 0 radical (unpaired) electrons. The number of piperidine rings is 1. The summed E-state index contributed by atoms with van der Waals surface area (Å²) in [7, 11) is -3.69. The Morgan fingerprint density at radius 2 is 1.56 bits per heavy atom. The maximum absolute atomic E-state index is 13.6. The molecular weight excluding hydrogens is 636 g/mol. The molecule has 0 unspecified atom stereocenters. The second kappa shape index (κ2) is 16.2. The molecule has 0 bridgehead atoms. The van der Waals surface area contributed by atoms with Crippen molar-refractivity contribution in [2.45, 2.75) is 70.6 Å². The van der Waals surface area contributed by atoms with Gasteiger partial charge in [0.2, 0.25) is 27.8 Å². The van der Waals surface area contributed by atoms with E-state index in [1.807, 2.05) is 35.2 Å². The second-order valence-electron chi connectivity index (χ2n) is 13.2. The van der Waals surface area contributed by atoms with Gasteiger partial charge >= 0.3 is 6.09 Å². The number of amides is 4. The van der Waals surface area contributed by atoms with E-state index >= 15 is 0 Å². The minimum Gasteiger partial charge on any atom is -0.444 e. The summed E-state index contributed by atoms with van der Waals surface area (Å²) in [6, 6.07) is 16.0. The number of carbonyl (C=O) groups excluding carboxylic acids is 4. The predicted octanol–water partition coefficient (Wildman–Crippen LogP) is 2.69. The first kappa shape index (κ1) is 36.5. The smallest absolute Gasteiger partial charge is 0.414 e. The predicted molar refractivity (Wildman–Crippen MR) is 182 cm³/mol. The fourth-order valence-corrected chi connectivity index (χ4v) is 6.52. The average molecular weight is 683 g/mol. The number of alkyl carbamates (subject to hydrolysis) is 1. The summed E-state index contributed by atoms with van der Waals surface area (Å²) in [6.45, 7) is 6.93. The van der Waals surface area contributed by atoms with Crippen LogP contribution in [0.15, 0.2) is 65.7 Å². The molecule has 2 aliphatic heterocycles. The molecular formula is C34H46N6O7S. The Labute approximate surface area is 282 Å². The summed E-state index contributed by atoms with van der Waals surface area (Å²) in [6.07, 6.45) is 2.89. The fourth-order valence-electron chi connectivity index (χ4n) is 5.82. The minimum absolute atomic E-state index is 0.105. The Bertz CT molecular complexity index is 1570. The normalized spacial score (nSPS) is 18.2. The number of likely N-dealkylation sites (tertiary alicyclic amines) is 2. The first-order valence-corrected chi connectivity index (χ1v) is 18.1. The third-order valence-electron chi connectivity index (χ3n) is 8.10. The average Bonchev–Trinajstić information content (AvgIpc) is 3.52. The highest BCUT2D eigenvalue weighted by Gasteiger charge is 2.38. The summed E-state index contributed by atoms with van der Waals surface area (Å²) in [5.74, 6) is -0.980. The van der Waals surface area contributed by atoms with E-state index in [2.05, 4.69) is 20.3 Å². The Hall–Kier alpha value is -4.30. The van der Waals surface area contributed by atoms with Crippen molar-refractivity contribution in [3.63, 3.8) is 0 Å². The van der Waals surface area contributed by atoms with Gasteiger partial charge in [-0.2, -0.15) is 4.99 Å². The van der Waals surface area contributed by atoms with Crippen molar-refractivity contribution in [1.29, 1.82) is 0 Å². The van der Waals surface area contributed by atoms with Crippen molar-refractivity contribution in [1.82, 2.24) is 25.2 Å². The van der Waals surface area contributed by atoms with Crippen molar-refractivity contribution in [3.05, 3.63) is 71.8 Å². The zero-order valence-corrected chi connectivity index (χ0v) is 28.8. The van der Waals surface area contributed by atoms with Crippen LogP contribution in [0.3, 0.4) is 0 Å². The van der Waals surface area contributed by atoms with E-state index in [4.69, 9.17) is 4.74 Å². The molecule has 48 heavy (non-hydrogen) atoms. The number of ether oxygens (including phenoxy) is 1. The molecule has 2 aromatic carbocycles. The highest BCUT2D eigenvalue weighted by molar-refractivity contribution is 7.88. The van der Waals surface area contributed by atoms with Gasteiger partial charge < -0.3 is 19.9 Å². The van der Waals surface area contributed by atoms with E-state index in [1.54, 1.807) is 51.1 Å². The number of hydrogen-bond donors (Lipinski definition) is 3. The van der Waals surface area contributed by atoms with Crippen LogP contribution in [0.25, 0.3) is 0 Å². The molecule has 2 aliphatic rings. The highest BCUT2D eigenvalue weighted by Crippen LogP contribution is 2.22. The van der Waals surface area contributed by atoms with Crippen LogP contribution in [-0.4, -0.2) is 98.1 Å². The number of hydrogen-bond acceptors (Lipinski definition) is 7. The Balaban J connectivity index is 1.35. The van der Waals surface area contributed by atoms with Gasteiger partial charge in [0.15, 0.2) is 0 Å². The lowest BCUT2D eigenvalue weighted by molar-refractivity contribution is -0.139. The van der Waals surface area contributed by atoms with Crippen molar-refractivity contribution in [2.24, 2.45) is 10.9 Å². The van der Waals surface area contributed by atoms with Gasteiger partial charge in [0, 0.05) is 31.7 Å². The maximum atomic E-state index is 13.6. The SMILES string of the molecule is CC(C)(C)OC(=O)N/C(=N/C(=O)c1ccccc1)N1CCC(CNC(=O)[C@@H]2CCCN2C(=O)[C@@H](Cc2ccccc2)NS(C)(=O)=O)CC1. The van der Waals surface area contributed by atoms with Gasteiger partial charge in [-0.25, -0.2) is 17.9 Å². The second-order valence-corrected chi connectivity index (χ2v) is 15.0. The molecule has 4 amide bonds. The third-order valence-corrected chi connectivity index (χ3v) is 8.81. The molecule has 2 atom stereocenters. The maximum Gasteiger partial charge on any atom is 0.414 e. The van der Waals surface area contributed by atoms with Crippen LogP contribution in [0.5, 0.6) is 0 Å². The summed E-state index contributed by atoms with van der Waals surface area (Å²) >= 11 is 0. The zero-order valence-electron chi connectivity index (χ0n) is 28.0. The van der Waals surface area contributed by atoms with Gasteiger partial charge in [0.25, 0.3) is 5.91 Å². The lowest BCUT2D eigenvalue weighted by atomic mass is 9.96. The Morgan fingerprint density at radius 3 is 2.17 bits per heavy atom.